The summed E-state index contributed by atoms with van der Waals surface area (Å²) in [5.41, 5.74) is 1.46. The fraction of sp³-hybridized carbons (Fsp3) is 0.625. The number of primary sulfonamides is 1. The SMILES string of the molecule is Cc1cccc(S(N)(=O)=O)c1C[C@@H](O)CN1CC(C)CC1C. The van der Waals surface area contributed by atoms with Gasteiger partial charge in [0.15, 0.2) is 0 Å². The van der Waals surface area contributed by atoms with E-state index < -0.39 is 16.1 Å². The predicted octanol–water partition coefficient (Wildman–Crippen LogP) is 1.28. The van der Waals surface area contributed by atoms with Gasteiger partial charge in [0.2, 0.25) is 10.0 Å². The van der Waals surface area contributed by atoms with Crippen LogP contribution in [0.15, 0.2) is 23.1 Å². The molecule has 1 aromatic carbocycles. The molecular formula is C16H26N2O3S. The van der Waals surface area contributed by atoms with Crippen molar-refractivity contribution in [1.82, 2.24) is 4.90 Å². The van der Waals surface area contributed by atoms with Gasteiger partial charge in [0.25, 0.3) is 0 Å². The standard InChI is InChI=1S/C16H26N2O3S/c1-11-7-13(3)18(9-11)10-14(19)8-15-12(2)5-4-6-16(15)22(17,20)21/h4-6,11,13-14,19H,7-10H2,1-3H3,(H2,17,20,21)/t11?,13?,14-/m1/s1. The van der Waals surface area contributed by atoms with Gasteiger partial charge in [0.05, 0.1) is 11.0 Å². The van der Waals surface area contributed by atoms with Gasteiger partial charge < -0.3 is 5.11 Å². The van der Waals surface area contributed by atoms with Crippen molar-refractivity contribution in [2.45, 2.75) is 50.7 Å². The summed E-state index contributed by atoms with van der Waals surface area (Å²) < 4.78 is 23.4. The third-order valence-electron chi connectivity index (χ3n) is 4.47. The number of benzene rings is 1. The molecule has 2 rings (SSSR count). The second-order valence-electron chi connectivity index (χ2n) is 6.60. The first-order valence-electron chi connectivity index (χ1n) is 7.72. The molecule has 0 aromatic heterocycles. The second kappa shape index (κ2) is 6.66. The molecular weight excluding hydrogens is 300 g/mol. The highest BCUT2D eigenvalue weighted by atomic mass is 32.2. The van der Waals surface area contributed by atoms with E-state index in [-0.39, 0.29) is 4.90 Å². The number of nitrogens with two attached hydrogens (primary N) is 1. The number of hydrogen-bond acceptors (Lipinski definition) is 4. The average molecular weight is 326 g/mol. The summed E-state index contributed by atoms with van der Waals surface area (Å²) in [6, 6.07) is 5.48. The number of likely N-dealkylation sites (tertiary alicyclic amines) is 1. The van der Waals surface area contributed by atoms with Crippen molar-refractivity contribution in [3.05, 3.63) is 29.3 Å². The molecule has 1 aromatic rings. The van der Waals surface area contributed by atoms with Crippen molar-refractivity contribution in [2.24, 2.45) is 11.1 Å². The maximum Gasteiger partial charge on any atom is 0.238 e. The molecule has 1 aliphatic heterocycles. The highest BCUT2D eigenvalue weighted by molar-refractivity contribution is 7.89. The smallest absolute Gasteiger partial charge is 0.238 e. The molecule has 22 heavy (non-hydrogen) atoms. The van der Waals surface area contributed by atoms with Crippen molar-refractivity contribution in [1.29, 1.82) is 0 Å². The normalized spacial score (nSPS) is 24.6. The van der Waals surface area contributed by atoms with Crippen LogP contribution >= 0.6 is 0 Å². The molecule has 0 spiro atoms. The van der Waals surface area contributed by atoms with Crippen LogP contribution in [0.2, 0.25) is 0 Å². The van der Waals surface area contributed by atoms with Crippen LogP contribution < -0.4 is 5.14 Å². The molecule has 5 nitrogen and oxygen atoms in total. The lowest BCUT2D eigenvalue weighted by atomic mass is 10.0. The number of hydrogen-bond donors (Lipinski definition) is 2. The zero-order valence-corrected chi connectivity index (χ0v) is 14.3. The quantitative estimate of drug-likeness (QED) is 0.854. The van der Waals surface area contributed by atoms with E-state index in [2.05, 4.69) is 18.7 Å². The van der Waals surface area contributed by atoms with Crippen LogP contribution in [0.5, 0.6) is 0 Å². The van der Waals surface area contributed by atoms with Crippen LogP contribution in [0.3, 0.4) is 0 Å². The van der Waals surface area contributed by atoms with Gasteiger partial charge in [-0.2, -0.15) is 0 Å². The number of β-amino-alcohol motifs (C(OH)–C–C–N with tert-alkyl or cyclic N) is 1. The molecule has 0 bridgehead atoms. The van der Waals surface area contributed by atoms with Gasteiger partial charge in [0.1, 0.15) is 0 Å². The van der Waals surface area contributed by atoms with E-state index in [4.69, 9.17) is 5.14 Å². The highest BCUT2D eigenvalue weighted by Crippen LogP contribution is 2.24. The largest absolute Gasteiger partial charge is 0.391 e. The molecule has 124 valence electrons. The van der Waals surface area contributed by atoms with Crippen LogP contribution in [-0.4, -0.2) is 43.7 Å². The minimum Gasteiger partial charge on any atom is -0.391 e. The lowest BCUT2D eigenvalue weighted by molar-refractivity contribution is 0.108. The number of aliphatic hydroxyl groups is 1. The van der Waals surface area contributed by atoms with Gasteiger partial charge >= 0.3 is 0 Å². The van der Waals surface area contributed by atoms with E-state index in [0.29, 0.717) is 30.5 Å². The molecule has 0 saturated carbocycles. The number of sulfonamides is 1. The highest BCUT2D eigenvalue weighted by Gasteiger charge is 2.28. The molecule has 2 unspecified atom stereocenters. The Morgan fingerprint density at radius 1 is 1.41 bits per heavy atom. The maximum atomic E-state index is 11.7. The molecule has 3 atom stereocenters. The van der Waals surface area contributed by atoms with Gasteiger partial charge in [-0.25, -0.2) is 13.6 Å². The molecule has 1 saturated heterocycles. The Hall–Kier alpha value is -0.950. The predicted molar refractivity (Wildman–Crippen MR) is 87.1 cm³/mol. The number of aliphatic hydroxyl groups excluding tert-OH is 1. The Bertz CT molecular complexity index is 630. The third kappa shape index (κ3) is 4.07. The maximum absolute atomic E-state index is 11.7. The molecule has 1 fully saturated rings. The molecule has 3 N–H and O–H groups in total. The van der Waals surface area contributed by atoms with E-state index in [1.165, 1.54) is 6.07 Å². The van der Waals surface area contributed by atoms with Crippen LogP contribution in [0.1, 0.15) is 31.4 Å². The first-order valence-corrected chi connectivity index (χ1v) is 9.26. The van der Waals surface area contributed by atoms with Gasteiger partial charge in [-0.1, -0.05) is 19.1 Å². The first kappa shape index (κ1) is 17.4. The molecule has 1 heterocycles. The van der Waals surface area contributed by atoms with Crippen molar-refractivity contribution >= 4 is 10.0 Å². The van der Waals surface area contributed by atoms with Crippen molar-refractivity contribution in [3.63, 3.8) is 0 Å². The Morgan fingerprint density at radius 3 is 2.64 bits per heavy atom. The van der Waals surface area contributed by atoms with Gasteiger partial charge in [-0.05, 0) is 43.4 Å². The van der Waals surface area contributed by atoms with Gasteiger partial charge in [-0.15, -0.1) is 0 Å². The van der Waals surface area contributed by atoms with E-state index in [9.17, 15) is 13.5 Å². The monoisotopic (exact) mass is 326 g/mol. The van der Waals surface area contributed by atoms with Crippen molar-refractivity contribution in [2.75, 3.05) is 13.1 Å². The summed E-state index contributed by atoms with van der Waals surface area (Å²) >= 11 is 0. The van der Waals surface area contributed by atoms with E-state index in [0.717, 1.165) is 18.5 Å². The van der Waals surface area contributed by atoms with Crippen LogP contribution in [0.25, 0.3) is 0 Å². The molecule has 0 aliphatic carbocycles. The summed E-state index contributed by atoms with van der Waals surface area (Å²) in [5.74, 6) is 0.639. The van der Waals surface area contributed by atoms with E-state index >= 15 is 0 Å². The molecule has 0 radical (unpaired) electrons. The van der Waals surface area contributed by atoms with Crippen molar-refractivity contribution < 1.29 is 13.5 Å². The summed E-state index contributed by atoms with van der Waals surface area (Å²) in [6.07, 6.45) is 0.838. The topological polar surface area (TPSA) is 83.6 Å². The van der Waals surface area contributed by atoms with Gasteiger partial charge in [0, 0.05) is 25.6 Å². The number of nitrogens with zero attached hydrogens (tertiary/aromatic N) is 1. The second-order valence-corrected chi connectivity index (χ2v) is 8.13. The van der Waals surface area contributed by atoms with Crippen LogP contribution in [0.4, 0.5) is 0 Å². The molecule has 0 amide bonds. The Kier molecular flexibility index (Phi) is 5.27. The van der Waals surface area contributed by atoms with Crippen LogP contribution in [-0.2, 0) is 16.4 Å². The number of rotatable bonds is 5. The lowest BCUT2D eigenvalue weighted by Gasteiger charge is -2.25. The number of aryl methyl sites for hydroxylation is 1. The average Bonchev–Trinajstić information content (AvgIpc) is 2.69. The summed E-state index contributed by atoms with van der Waals surface area (Å²) in [4.78, 5) is 2.39. The minimum atomic E-state index is -3.77. The summed E-state index contributed by atoms with van der Waals surface area (Å²) in [5, 5.41) is 15.7. The molecule has 1 aliphatic rings. The fourth-order valence-corrected chi connectivity index (χ4v) is 4.27. The Balaban J connectivity index is 2.14. The van der Waals surface area contributed by atoms with E-state index in [1.54, 1.807) is 6.07 Å². The first-order chi connectivity index (χ1) is 10.2. The third-order valence-corrected chi connectivity index (χ3v) is 5.47. The lowest BCUT2D eigenvalue weighted by Crippen LogP contribution is -2.36. The van der Waals surface area contributed by atoms with Gasteiger partial charge in [-0.3, -0.25) is 4.90 Å². The zero-order valence-electron chi connectivity index (χ0n) is 13.5. The Morgan fingerprint density at radius 2 is 2.09 bits per heavy atom. The van der Waals surface area contributed by atoms with Crippen molar-refractivity contribution in [3.8, 4) is 0 Å². The summed E-state index contributed by atoms with van der Waals surface area (Å²) in [7, 11) is -3.77. The Labute approximate surface area is 133 Å². The van der Waals surface area contributed by atoms with Crippen LogP contribution in [0, 0.1) is 12.8 Å². The molecule has 6 heteroatoms. The fourth-order valence-electron chi connectivity index (χ4n) is 3.42. The minimum absolute atomic E-state index is 0.120. The zero-order chi connectivity index (χ0) is 16.5. The summed E-state index contributed by atoms with van der Waals surface area (Å²) in [6.45, 7) is 7.76. The van der Waals surface area contributed by atoms with E-state index in [1.807, 2.05) is 13.0 Å².